The summed E-state index contributed by atoms with van der Waals surface area (Å²) < 4.78 is 17.3. The van der Waals surface area contributed by atoms with Crippen molar-refractivity contribution in [3.8, 4) is 0 Å². The molecule has 0 aliphatic heterocycles. The van der Waals surface area contributed by atoms with Crippen LogP contribution in [0.25, 0.3) is 0 Å². The largest absolute Gasteiger partial charge is 0.341 e. The number of aryl methyl sites for hydroxylation is 1. The van der Waals surface area contributed by atoms with Gasteiger partial charge in [-0.1, -0.05) is 23.9 Å². The number of carbonyl (C=O) groups is 1. The Labute approximate surface area is 159 Å². The molecule has 1 fully saturated rings. The zero-order chi connectivity index (χ0) is 18.8. The van der Waals surface area contributed by atoms with Gasteiger partial charge in [0.15, 0.2) is 0 Å². The van der Waals surface area contributed by atoms with Crippen LogP contribution < -0.4 is 5.32 Å². The number of nitrogens with zero attached hydrogens (tertiary/aromatic N) is 6. The zero-order valence-electron chi connectivity index (χ0n) is 14.6. The van der Waals surface area contributed by atoms with Gasteiger partial charge in [-0.25, -0.2) is 14.1 Å². The lowest BCUT2D eigenvalue weighted by Crippen LogP contribution is -2.32. The number of aromatic nitrogens is 6. The van der Waals surface area contributed by atoms with Crippen LogP contribution in [0.4, 0.5) is 4.39 Å². The van der Waals surface area contributed by atoms with Gasteiger partial charge in [0, 0.05) is 19.4 Å². The Morgan fingerprint density at radius 3 is 3.00 bits per heavy atom. The molecule has 2 heterocycles. The maximum atomic E-state index is 13.7. The molecule has 140 valence electrons. The first-order valence-electron chi connectivity index (χ1n) is 8.54. The fourth-order valence-electron chi connectivity index (χ4n) is 2.80. The summed E-state index contributed by atoms with van der Waals surface area (Å²) >= 11 is 1.29. The normalized spacial score (nSPS) is 14.9. The Bertz CT molecular complexity index is 952. The lowest BCUT2D eigenvalue weighted by molar-refractivity contribution is -0.119. The molecule has 3 aromatic rings. The molecule has 4 rings (SSSR count). The van der Waals surface area contributed by atoms with Crippen LogP contribution >= 0.6 is 11.8 Å². The summed E-state index contributed by atoms with van der Waals surface area (Å²) in [6, 6.07) is 5.95. The lowest BCUT2D eigenvalue weighted by Gasteiger charge is -2.19. The number of halogens is 1. The van der Waals surface area contributed by atoms with E-state index in [0.717, 1.165) is 12.8 Å². The lowest BCUT2D eigenvalue weighted by atomic mass is 10.1. The number of tetrazole rings is 1. The van der Waals surface area contributed by atoms with E-state index < -0.39 is 6.04 Å². The van der Waals surface area contributed by atoms with Crippen molar-refractivity contribution in [1.82, 2.24) is 35.1 Å². The topological polar surface area (TPSA) is 90.5 Å². The van der Waals surface area contributed by atoms with Crippen LogP contribution in [-0.4, -0.2) is 41.4 Å². The first-order chi connectivity index (χ1) is 13.1. The Morgan fingerprint density at radius 1 is 1.44 bits per heavy atom. The molecule has 0 saturated heterocycles. The van der Waals surface area contributed by atoms with E-state index in [9.17, 15) is 9.18 Å². The standard InChI is InChI=1S/C17H18FN7OS/c1-24-8-7-19-16(24)15(11-3-2-4-12(18)9-11)20-14(26)10-27-17-21-22-23-25(17)13-5-6-13/h2-4,7-9,13,15H,5-6,10H2,1H3,(H,20,26). The molecule has 2 aromatic heterocycles. The summed E-state index contributed by atoms with van der Waals surface area (Å²) in [4.78, 5) is 16.9. The molecule has 1 unspecified atom stereocenters. The van der Waals surface area contributed by atoms with Crippen LogP contribution in [0.5, 0.6) is 0 Å². The van der Waals surface area contributed by atoms with Gasteiger partial charge >= 0.3 is 0 Å². The number of nitrogens with one attached hydrogen (secondary N) is 1. The average Bonchev–Trinajstić information content (AvgIpc) is 3.24. The van der Waals surface area contributed by atoms with Crippen LogP contribution in [0.2, 0.25) is 0 Å². The smallest absolute Gasteiger partial charge is 0.231 e. The molecule has 1 aliphatic carbocycles. The van der Waals surface area contributed by atoms with Crippen molar-refractivity contribution < 1.29 is 9.18 Å². The summed E-state index contributed by atoms with van der Waals surface area (Å²) in [6.45, 7) is 0. The van der Waals surface area contributed by atoms with E-state index in [-0.39, 0.29) is 17.5 Å². The monoisotopic (exact) mass is 387 g/mol. The summed E-state index contributed by atoms with van der Waals surface area (Å²) in [5.74, 6) is 0.215. The van der Waals surface area contributed by atoms with Gasteiger partial charge < -0.3 is 9.88 Å². The number of rotatable bonds is 7. The van der Waals surface area contributed by atoms with Gasteiger partial charge in [-0.15, -0.1) is 5.10 Å². The third-order valence-electron chi connectivity index (χ3n) is 4.29. The summed E-state index contributed by atoms with van der Waals surface area (Å²) in [7, 11) is 1.83. The minimum absolute atomic E-state index is 0.156. The van der Waals surface area contributed by atoms with Crippen LogP contribution in [0, 0.1) is 5.82 Å². The molecular formula is C17H18FN7OS. The molecule has 0 spiro atoms. The Kier molecular flexibility index (Phi) is 4.88. The number of hydrogen-bond donors (Lipinski definition) is 1. The second-order valence-electron chi connectivity index (χ2n) is 6.38. The second kappa shape index (κ2) is 7.47. The Hall–Kier alpha value is -2.75. The molecular weight excluding hydrogens is 369 g/mol. The minimum Gasteiger partial charge on any atom is -0.341 e. The predicted octanol–water partition coefficient (Wildman–Crippen LogP) is 1.88. The van der Waals surface area contributed by atoms with E-state index in [1.807, 2.05) is 7.05 Å². The van der Waals surface area contributed by atoms with Crippen molar-refractivity contribution in [2.75, 3.05) is 5.75 Å². The van der Waals surface area contributed by atoms with Crippen molar-refractivity contribution in [2.45, 2.75) is 30.1 Å². The minimum atomic E-state index is -0.548. The molecule has 1 saturated carbocycles. The second-order valence-corrected chi connectivity index (χ2v) is 7.32. The molecule has 10 heteroatoms. The quantitative estimate of drug-likeness (QED) is 0.623. The highest BCUT2D eigenvalue weighted by molar-refractivity contribution is 7.99. The van der Waals surface area contributed by atoms with E-state index in [0.29, 0.717) is 22.6 Å². The Balaban J connectivity index is 1.48. The highest BCUT2D eigenvalue weighted by Crippen LogP contribution is 2.36. The van der Waals surface area contributed by atoms with E-state index >= 15 is 0 Å². The molecule has 1 aromatic carbocycles. The van der Waals surface area contributed by atoms with Crippen LogP contribution in [-0.2, 0) is 11.8 Å². The number of benzene rings is 1. The maximum absolute atomic E-state index is 13.7. The Morgan fingerprint density at radius 2 is 2.30 bits per heavy atom. The number of imidazole rings is 1. The molecule has 8 nitrogen and oxygen atoms in total. The average molecular weight is 387 g/mol. The van der Waals surface area contributed by atoms with Gasteiger partial charge in [-0.05, 0) is 41.0 Å². The zero-order valence-corrected chi connectivity index (χ0v) is 15.4. The SMILES string of the molecule is Cn1ccnc1C(NC(=O)CSc1nnnn1C1CC1)c1cccc(F)c1. The van der Waals surface area contributed by atoms with Gasteiger partial charge in [0.05, 0.1) is 11.8 Å². The van der Waals surface area contributed by atoms with E-state index in [2.05, 4.69) is 25.8 Å². The van der Waals surface area contributed by atoms with Gasteiger partial charge in [0.1, 0.15) is 17.7 Å². The van der Waals surface area contributed by atoms with E-state index in [1.165, 1.54) is 23.9 Å². The van der Waals surface area contributed by atoms with Crippen LogP contribution in [0.15, 0.2) is 41.8 Å². The number of thioether (sulfide) groups is 1. The van der Waals surface area contributed by atoms with Crippen LogP contribution in [0.1, 0.15) is 36.3 Å². The number of amides is 1. The summed E-state index contributed by atoms with van der Waals surface area (Å²) in [5.41, 5.74) is 0.630. The first kappa shape index (κ1) is 17.7. The number of hydrogen-bond acceptors (Lipinski definition) is 6. The fraction of sp³-hybridized carbons (Fsp3) is 0.353. The third-order valence-corrected chi connectivity index (χ3v) is 5.23. The van der Waals surface area contributed by atoms with E-state index in [4.69, 9.17) is 0 Å². The van der Waals surface area contributed by atoms with Gasteiger partial charge in [0.25, 0.3) is 0 Å². The fourth-order valence-corrected chi connectivity index (χ4v) is 3.56. The molecule has 1 amide bonds. The van der Waals surface area contributed by atoms with Crippen molar-refractivity contribution >= 4 is 17.7 Å². The molecule has 0 radical (unpaired) electrons. The molecule has 27 heavy (non-hydrogen) atoms. The van der Waals surface area contributed by atoms with Gasteiger partial charge in [-0.2, -0.15) is 0 Å². The molecule has 1 N–H and O–H groups in total. The molecule has 1 atom stereocenters. The van der Waals surface area contributed by atoms with Crippen molar-refractivity contribution in [3.63, 3.8) is 0 Å². The van der Waals surface area contributed by atoms with Crippen LogP contribution in [0.3, 0.4) is 0 Å². The number of carbonyl (C=O) groups excluding carboxylic acids is 1. The highest BCUT2D eigenvalue weighted by Gasteiger charge is 2.28. The third kappa shape index (κ3) is 4.00. The predicted molar refractivity (Wildman–Crippen MR) is 96.4 cm³/mol. The molecule has 0 bridgehead atoms. The molecule has 1 aliphatic rings. The summed E-state index contributed by atoms with van der Waals surface area (Å²) in [5, 5.41) is 15.2. The van der Waals surface area contributed by atoms with Gasteiger partial charge in [0.2, 0.25) is 11.1 Å². The van der Waals surface area contributed by atoms with Crippen molar-refractivity contribution in [2.24, 2.45) is 7.05 Å². The summed E-state index contributed by atoms with van der Waals surface area (Å²) in [6.07, 6.45) is 5.55. The van der Waals surface area contributed by atoms with Crippen molar-refractivity contribution in [1.29, 1.82) is 0 Å². The maximum Gasteiger partial charge on any atom is 0.231 e. The van der Waals surface area contributed by atoms with E-state index in [1.54, 1.807) is 33.8 Å². The van der Waals surface area contributed by atoms with Crippen molar-refractivity contribution in [3.05, 3.63) is 53.9 Å². The highest BCUT2D eigenvalue weighted by atomic mass is 32.2. The first-order valence-corrected chi connectivity index (χ1v) is 9.53. The van der Waals surface area contributed by atoms with Gasteiger partial charge in [-0.3, -0.25) is 4.79 Å².